The fourth-order valence-electron chi connectivity index (χ4n) is 3.25. The molecule has 1 fully saturated rings. The van der Waals surface area contributed by atoms with Crippen LogP contribution in [0.5, 0.6) is 0 Å². The van der Waals surface area contributed by atoms with Crippen LogP contribution in [0.25, 0.3) is 16.2 Å². The van der Waals surface area contributed by atoms with Crippen LogP contribution < -0.4 is 0 Å². The molecule has 3 aromatic rings. The molecule has 2 aromatic heterocycles. The number of thiazole rings is 1. The highest BCUT2D eigenvalue weighted by Gasteiger charge is 2.29. The van der Waals surface area contributed by atoms with E-state index < -0.39 is 0 Å². The summed E-state index contributed by atoms with van der Waals surface area (Å²) in [7, 11) is 4.13. The maximum Gasteiger partial charge on any atom is 0.271 e. The quantitative estimate of drug-likeness (QED) is 0.704. The van der Waals surface area contributed by atoms with Crippen LogP contribution in [0.15, 0.2) is 35.8 Å². The number of fused-ring (bicyclic) bond motifs is 1. The van der Waals surface area contributed by atoms with E-state index in [1.807, 2.05) is 45.1 Å². The number of aromatic nitrogens is 2. The molecule has 25 heavy (non-hydrogen) atoms. The number of hydrogen-bond donors (Lipinski definition) is 0. The Balaban J connectivity index is 1.65. The van der Waals surface area contributed by atoms with E-state index in [2.05, 4.69) is 24.0 Å². The molecular weight excluding hydrogens is 356 g/mol. The van der Waals surface area contributed by atoms with E-state index >= 15 is 0 Å². The fourth-order valence-corrected chi connectivity index (χ4v) is 4.33. The van der Waals surface area contributed by atoms with Crippen LogP contribution in [-0.2, 0) is 0 Å². The minimum absolute atomic E-state index is 0.0682. The number of hydrogen-bond acceptors (Lipinski definition) is 4. The molecule has 1 amide bonds. The standard InChI is InChI=1S/C18H19ClN4OS/c1-21(2)12-7-8-22(9-12)17(24)16-11-25-18-20-15(10-23(16)18)13-5-3-4-6-14(13)19/h3-6,10-12H,7-9H2,1-2H3. The molecule has 0 N–H and O–H groups in total. The molecule has 1 saturated heterocycles. The summed E-state index contributed by atoms with van der Waals surface area (Å²) in [6.45, 7) is 1.57. The molecule has 130 valence electrons. The molecule has 0 spiro atoms. The van der Waals surface area contributed by atoms with Crippen molar-refractivity contribution >= 4 is 33.8 Å². The zero-order valence-electron chi connectivity index (χ0n) is 14.1. The van der Waals surface area contributed by atoms with E-state index in [4.69, 9.17) is 11.6 Å². The van der Waals surface area contributed by atoms with Crippen LogP contribution in [0.2, 0.25) is 5.02 Å². The summed E-state index contributed by atoms with van der Waals surface area (Å²) in [5, 5.41) is 2.55. The summed E-state index contributed by atoms with van der Waals surface area (Å²) in [5.41, 5.74) is 2.34. The largest absolute Gasteiger partial charge is 0.336 e. The van der Waals surface area contributed by atoms with E-state index in [1.165, 1.54) is 11.3 Å². The lowest BCUT2D eigenvalue weighted by Crippen LogP contribution is -2.34. The summed E-state index contributed by atoms with van der Waals surface area (Å²) in [6.07, 6.45) is 2.92. The van der Waals surface area contributed by atoms with Crippen molar-refractivity contribution in [3.05, 3.63) is 46.6 Å². The number of halogens is 1. The lowest BCUT2D eigenvalue weighted by Gasteiger charge is -2.20. The Morgan fingerprint density at radius 3 is 2.88 bits per heavy atom. The molecule has 0 aliphatic carbocycles. The molecule has 1 aliphatic rings. The first kappa shape index (κ1) is 16.6. The fraction of sp³-hybridized carbons (Fsp3) is 0.333. The number of carbonyl (C=O) groups excluding carboxylic acids is 1. The first-order chi connectivity index (χ1) is 12.0. The summed E-state index contributed by atoms with van der Waals surface area (Å²) in [5.74, 6) is 0.0682. The third-order valence-electron chi connectivity index (χ3n) is 4.76. The Labute approximate surface area is 155 Å². The van der Waals surface area contributed by atoms with Gasteiger partial charge in [-0.2, -0.15) is 0 Å². The molecule has 7 heteroatoms. The zero-order valence-corrected chi connectivity index (χ0v) is 15.7. The van der Waals surface area contributed by atoms with Gasteiger partial charge in [0.1, 0.15) is 5.69 Å². The van der Waals surface area contributed by atoms with Crippen LogP contribution in [0, 0.1) is 0 Å². The Morgan fingerprint density at radius 2 is 2.16 bits per heavy atom. The molecule has 0 bridgehead atoms. The first-order valence-corrected chi connectivity index (χ1v) is 9.47. The third kappa shape index (κ3) is 2.94. The Kier molecular flexibility index (Phi) is 4.27. The molecule has 3 heterocycles. The molecular formula is C18H19ClN4OS. The second-order valence-corrected chi connectivity index (χ2v) is 7.78. The monoisotopic (exact) mass is 374 g/mol. The van der Waals surface area contributed by atoms with Crippen LogP contribution in [0.4, 0.5) is 0 Å². The van der Waals surface area contributed by atoms with Crippen molar-refractivity contribution in [1.82, 2.24) is 19.2 Å². The van der Waals surface area contributed by atoms with Crippen molar-refractivity contribution in [3.63, 3.8) is 0 Å². The average molecular weight is 375 g/mol. The van der Waals surface area contributed by atoms with Crippen molar-refractivity contribution in [3.8, 4) is 11.3 Å². The van der Waals surface area contributed by atoms with Gasteiger partial charge in [0.25, 0.3) is 5.91 Å². The summed E-state index contributed by atoms with van der Waals surface area (Å²) >= 11 is 7.76. The molecule has 5 nitrogen and oxygen atoms in total. The smallest absolute Gasteiger partial charge is 0.271 e. The Morgan fingerprint density at radius 1 is 1.36 bits per heavy atom. The number of rotatable bonds is 3. The summed E-state index contributed by atoms with van der Waals surface area (Å²) in [4.78, 5) is 22.5. The second kappa shape index (κ2) is 6.44. The van der Waals surface area contributed by atoms with Crippen molar-refractivity contribution in [2.24, 2.45) is 0 Å². The van der Waals surface area contributed by atoms with Gasteiger partial charge in [0, 0.05) is 36.3 Å². The predicted octanol–water partition coefficient (Wildman–Crippen LogP) is 3.49. The predicted molar refractivity (Wildman–Crippen MR) is 102 cm³/mol. The summed E-state index contributed by atoms with van der Waals surface area (Å²) < 4.78 is 1.88. The van der Waals surface area contributed by atoms with Crippen LogP contribution in [-0.4, -0.2) is 58.3 Å². The third-order valence-corrected chi connectivity index (χ3v) is 5.93. The second-order valence-electron chi connectivity index (χ2n) is 6.54. The van der Waals surface area contributed by atoms with Crippen LogP contribution >= 0.6 is 22.9 Å². The summed E-state index contributed by atoms with van der Waals surface area (Å²) in [6, 6.07) is 8.06. The minimum Gasteiger partial charge on any atom is -0.336 e. The van der Waals surface area contributed by atoms with Gasteiger partial charge in [-0.15, -0.1) is 11.3 Å². The number of likely N-dealkylation sites (tertiary alicyclic amines) is 1. The van der Waals surface area contributed by atoms with Gasteiger partial charge in [-0.1, -0.05) is 29.8 Å². The molecule has 0 radical (unpaired) electrons. The number of likely N-dealkylation sites (N-methyl/N-ethyl adjacent to an activating group) is 1. The SMILES string of the molecule is CN(C)C1CCN(C(=O)c2csc3nc(-c4ccccc4Cl)cn23)C1. The lowest BCUT2D eigenvalue weighted by molar-refractivity contribution is 0.0776. The maximum absolute atomic E-state index is 12.9. The van der Waals surface area contributed by atoms with Crippen LogP contribution in [0.1, 0.15) is 16.9 Å². The molecule has 1 aliphatic heterocycles. The van der Waals surface area contributed by atoms with Gasteiger partial charge in [0.15, 0.2) is 4.96 Å². The van der Waals surface area contributed by atoms with Gasteiger partial charge >= 0.3 is 0 Å². The molecule has 0 saturated carbocycles. The highest BCUT2D eigenvalue weighted by atomic mass is 35.5. The highest BCUT2D eigenvalue weighted by molar-refractivity contribution is 7.15. The van der Waals surface area contributed by atoms with Gasteiger partial charge in [-0.3, -0.25) is 9.20 Å². The van der Waals surface area contributed by atoms with Crippen molar-refractivity contribution in [1.29, 1.82) is 0 Å². The van der Waals surface area contributed by atoms with Gasteiger partial charge in [-0.05, 0) is 26.6 Å². The average Bonchev–Trinajstić information content (AvgIpc) is 3.30. The Bertz CT molecular complexity index is 932. The van der Waals surface area contributed by atoms with E-state index in [1.54, 1.807) is 0 Å². The normalized spacial score (nSPS) is 17.8. The molecule has 1 atom stereocenters. The van der Waals surface area contributed by atoms with Crippen LogP contribution in [0.3, 0.4) is 0 Å². The number of nitrogens with zero attached hydrogens (tertiary/aromatic N) is 4. The number of imidazole rings is 1. The minimum atomic E-state index is 0.0682. The number of benzene rings is 1. The maximum atomic E-state index is 12.9. The van der Waals surface area contributed by atoms with E-state index in [0.717, 1.165) is 35.7 Å². The van der Waals surface area contributed by atoms with E-state index in [-0.39, 0.29) is 5.91 Å². The van der Waals surface area contributed by atoms with Gasteiger partial charge < -0.3 is 9.80 Å². The van der Waals surface area contributed by atoms with E-state index in [9.17, 15) is 4.79 Å². The number of carbonyl (C=O) groups is 1. The molecule has 4 rings (SSSR count). The topological polar surface area (TPSA) is 40.8 Å². The lowest BCUT2D eigenvalue weighted by atomic mass is 10.2. The van der Waals surface area contributed by atoms with Gasteiger partial charge in [0.05, 0.1) is 10.7 Å². The van der Waals surface area contributed by atoms with E-state index in [0.29, 0.717) is 16.8 Å². The molecule has 1 unspecified atom stereocenters. The highest BCUT2D eigenvalue weighted by Crippen LogP contribution is 2.29. The first-order valence-electron chi connectivity index (χ1n) is 8.22. The van der Waals surface area contributed by atoms with Crippen molar-refractivity contribution in [2.45, 2.75) is 12.5 Å². The van der Waals surface area contributed by atoms with Crippen molar-refractivity contribution < 1.29 is 4.79 Å². The van der Waals surface area contributed by atoms with Crippen molar-refractivity contribution in [2.75, 3.05) is 27.2 Å². The van der Waals surface area contributed by atoms with Gasteiger partial charge in [0.2, 0.25) is 0 Å². The Hall–Kier alpha value is -1.89. The van der Waals surface area contributed by atoms with Gasteiger partial charge in [-0.25, -0.2) is 4.98 Å². The molecule has 1 aromatic carbocycles. The number of amides is 1. The zero-order chi connectivity index (χ0) is 17.6.